The van der Waals surface area contributed by atoms with Gasteiger partial charge in [0.1, 0.15) is 6.10 Å². The number of hydrogen-bond donors (Lipinski definition) is 7. The van der Waals surface area contributed by atoms with Crippen LogP contribution >= 0.6 is 0 Å². The number of aliphatic carboxylic acids is 1. The molecule has 0 amide bonds. The van der Waals surface area contributed by atoms with E-state index in [0.717, 1.165) is 17.6 Å². The van der Waals surface area contributed by atoms with E-state index in [2.05, 4.69) is 0 Å². The summed E-state index contributed by atoms with van der Waals surface area (Å²) >= 11 is 0. The molecular weight excluding hydrogens is 765 g/mol. The Bertz CT molecular complexity index is 1500. The van der Waals surface area contributed by atoms with E-state index < -0.39 is 78.8 Å². The van der Waals surface area contributed by atoms with Crippen LogP contribution in [0.5, 0.6) is 0 Å². The standard InChI is InChI=1S/C49H76O11/c1-34(22-17-13-11-9-8-10-12-14-19-24-40(50)30-35(2)28-29-46(54)55)31-43(52)37(4)45-32-41(51)25-21-27-42(59-7)26-20-16-15-18-23-36(3)48(57)39(6)49(58)38(5)44(53)33-47(56)60-45/h8-20,22,30-31,36-45,48-53,57-58H,21,23-29,32-33H2,1-7H3,(H,54,55). The average Bonchev–Trinajstić information content (AvgIpc) is 3.20. The Kier molecular flexibility index (Phi) is 28.3. The first-order valence-corrected chi connectivity index (χ1v) is 21.5. The van der Waals surface area contributed by atoms with Gasteiger partial charge in [-0.15, -0.1) is 0 Å². The Hall–Kier alpha value is -3.68. The Balaban J connectivity index is 2.98. The number of carbonyl (C=O) groups is 2. The molecule has 1 aliphatic heterocycles. The smallest absolute Gasteiger partial charge is 0.308 e. The number of carboxylic acid groups (broad SMARTS) is 1. The highest BCUT2D eigenvalue weighted by molar-refractivity contribution is 5.70. The van der Waals surface area contributed by atoms with E-state index >= 15 is 0 Å². The molecule has 12 unspecified atom stereocenters. The summed E-state index contributed by atoms with van der Waals surface area (Å²) in [5.74, 6) is -3.64. The lowest BCUT2D eigenvalue weighted by molar-refractivity contribution is -0.159. The summed E-state index contributed by atoms with van der Waals surface area (Å²) in [6.07, 6.45) is 26.7. The lowest BCUT2D eigenvalue weighted by Crippen LogP contribution is -2.42. The van der Waals surface area contributed by atoms with E-state index in [1.54, 1.807) is 47.0 Å². The molecule has 0 fully saturated rings. The molecule has 0 aromatic rings. The van der Waals surface area contributed by atoms with Crippen LogP contribution in [-0.4, -0.2) is 104 Å². The molecule has 11 heteroatoms. The van der Waals surface area contributed by atoms with Crippen molar-refractivity contribution in [3.8, 4) is 0 Å². The van der Waals surface area contributed by atoms with Crippen molar-refractivity contribution in [3.05, 3.63) is 108 Å². The Morgan fingerprint density at radius 2 is 1.47 bits per heavy atom. The van der Waals surface area contributed by atoms with Crippen LogP contribution in [0, 0.1) is 23.7 Å². The van der Waals surface area contributed by atoms with Gasteiger partial charge in [0.05, 0.1) is 49.1 Å². The first kappa shape index (κ1) is 54.3. The van der Waals surface area contributed by atoms with E-state index in [1.165, 1.54) is 0 Å². The van der Waals surface area contributed by atoms with Crippen molar-refractivity contribution >= 4 is 11.9 Å². The molecule has 0 aliphatic carbocycles. The molecule has 0 saturated heterocycles. The number of allylic oxidation sites excluding steroid dienone is 14. The van der Waals surface area contributed by atoms with Crippen molar-refractivity contribution in [2.75, 3.05) is 7.11 Å². The lowest BCUT2D eigenvalue weighted by Gasteiger charge is -2.33. The molecule has 7 N–H and O–H groups in total. The van der Waals surface area contributed by atoms with Crippen molar-refractivity contribution in [1.29, 1.82) is 0 Å². The van der Waals surface area contributed by atoms with Gasteiger partial charge in [-0.05, 0) is 64.7 Å². The van der Waals surface area contributed by atoms with Gasteiger partial charge >= 0.3 is 11.9 Å². The van der Waals surface area contributed by atoms with Gasteiger partial charge in [0.2, 0.25) is 0 Å². The second kappa shape index (κ2) is 31.2. The summed E-state index contributed by atoms with van der Waals surface area (Å²) in [5.41, 5.74) is 1.61. The summed E-state index contributed by atoms with van der Waals surface area (Å²) < 4.78 is 11.5. The predicted octanol–water partition coefficient (Wildman–Crippen LogP) is 7.41. The van der Waals surface area contributed by atoms with Crippen LogP contribution in [0.15, 0.2) is 108 Å². The minimum atomic E-state index is -1.25. The summed E-state index contributed by atoms with van der Waals surface area (Å²) in [6, 6.07) is 0. The van der Waals surface area contributed by atoms with Gasteiger partial charge in [0, 0.05) is 37.7 Å². The zero-order chi connectivity index (χ0) is 45.0. The molecule has 0 aromatic carbocycles. The maximum Gasteiger partial charge on any atom is 0.308 e. The van der Waals surface area contributed by atoms with Crippen molar-refractivity contribution in [2.45, 2.75) is 155 Å². The molecule has 1 aliphatic rings. The molecule has 0 bridgehead atoms. The number of rotatable bonds is 15. The van der Waals surface area contributed by atoms with E-state index in [4.69, 9.17) is 14.6 Å². The zero-order valence-corrected chi connectivity index (χ0v) is 37.0. The Morgan fingerprint density at radius 3 is 2.10 bits per heavy atom. The number of cyclic esters (lactones) is 1. The van der Waals surface area contributed by atoms with Gasteiger partial charge < -0.3 is 45.2 Å². The molecule has 0 saturated carbocycles. The highest BCUT2D eigenvalue weighted by Crippen LogP contribution is 2.28. The molecule has 11 nitrogen and oxygen atoms in total. The normalized spacial score (nSPS) is 29.9. The molecule has 1 rings (SSSR count). The Labute approximate surface area is 359 Å². The molecule has 0 radical (unpaired) electrons. The highest BCUT2D eigenvalue weighted by Gasteiger charge is 2.35. The molecular formula is C49H76O11. The number of carboxylic acids is 1. The van der Waals surface area contributed by atoms with E-state index in [9.17, 15) is 40.2 Å². The minimum absolute atomic E-state index is 0.0389. The lowest BCUT2D eigenvalue weighted by atomic mass is 9.81. The fraction of sp³-hybridized carbons (Fsp3) is 0.592. The van der Waals surface area contributed by atoms with E-state index in [0.29, 0.717) is 38.5 Å². The van der Waals surface area contributed by atoms with Crippen LogP contribution in [0.25, 0.3) is 0 Å². The second-order valence-electron chi connectivity index (χ2n) is 16.4. The topological polar surface area (TPSA) is 194 Å². The monoisotopic (exact) mass is 841 g/mol. The summed E-state index contributed by atoms with van der Waals surface area (Å²) in [6.45, 7) is 10.7. The Morgan fingerprint density at radius 1 is 0.850 bits per heavy atom. The van der Waals surface area contributed by atoms with E-state index in [1.807, 2.05) is 98.9 Å². The van der Waals surface area contributed by atoms with Crippen molar-refractivity contribution in [2.24, 2.45) is 23.7 Å². The molecule has 12 atom stereocenters. The number of hydrogen-bond acceptors (Lipinski definition) is 10. The number of aliphatic hydroxyl groups is 6. The van der Waals surface area contributed by atoms with Crippen molar-refractivity contribution < 1.29 is 54.8 Å². The van der Waals surface area contributed by atoms with Crippen LogP contribution in [-0.2, 0) is 19.1 Å². The van der Waals surface area contributed by atoms with Gasteiger partial charge in [0.25, 0.3) is 0 Å². The maximum atomic E-state index is 13.3. The third kappa shape index (κ3) is 23.9. The SMILES string of the molecule is COC1CC=CC=CCC(C)C(O)C(C)C(O)C(C)C(O)CC(=O)OC(C(C)C(O)C=C(C)C=CC=CC=CC=CC=CCC(O)C=C(C)CCC(=O)O)CC(O)CCC1. The number of carbonyl (C=O) groups excluding carboxylic acids is 1. The molecule has 60 heavy (non-hydrogen) atoms. The first-order chi connectivity index (χ1) is 28.5. The van der Waals surface area contributed by atoms with Gasteiger partial charge in [-0.2, -0.15) is 0 Å². The largest absolute Gasteiger partial charge is 0.481 e. The van der Waals surface area contributed by atoms with Crippen LogP contribution in [0.4, 0.5) is 0 Å². The van der Waals surface area contributed by atoms with Crippen LogP contribution in [0.1, 0.15) is 106 Å². The summed E-state index contributed by atoms with van der Waals surface area (Å²) in [7, 11) is 1.66. The number of methoxy groups -OCH3 is 1. The first-order valence-electron chi connectivity index (χ1n) is 21.5. The molecule has 0 spiro atoms. The van der Waals surface area contributed by atoms with Gasteiger partial charge in [0.15, 0.2) is 0 Å². The van der Waals surface area contributed by atoms with E-state index in [-0.39, 0.29) is 24.9 Å². The van der Waals surface area contributed by atoms with Gasteiger partial charge in [-0.1, -0.05) is 136 Å². The van der Waals surface area contributed by atoms with Crippen LogP contribution < -0.4 is 0 Å². The number of esters is 1. The summed E-state index contributed by atoms with van der Waals surface area (Å²) in [4.78, 5) is 23.9. The van der Waals surface area contributed by atoms with Crippen LogP contribution in [0.2, 0.25) is 0 Å². The third-order valence-corrected chi connectivity index (χ3v) is 11.1. The fourth-order valence-electron chi connectivity index (χ4n) is 6.86. The quantitative estimate of drug-likeness (QED) is 0.0493. The van der Waals surface area contributed by atoms with Crippen molar-refractivity contribution in [3.63, 3.8) is 0 Å². The van der Waals surface area contributed by atoms with Gasteiger partial charge in [-0.3, -0.25) is 9.59 Å². The minimum Gasteiger partial charge on any atom is -0.481 e. The second-order valence-corrected chi connectivity index (χ2v) is 16.4. The average molecular weight is 841 g/mol. The van der Waals surface area contributed by atoms with Crippen molar-refractivity contribution in [1.82, 2.24) is 0 Å². The summed E-state index contributed by atoms with van der Waals surface area (Å²) in [5, 5.41) is 74.2. The van der Waals surface area contributed by atoms with Gasteiger partial charge in [-0.25, -0.2) is 0 Å². The number of ether oxygens (including phenoxy) is 2. The fourth-order valence-corrected chi connectivity index (χ4v) is 6.86. The molecule has 338 valence electrons. The van der Waals surface area contributed by atoms with Crippen LogP contribution in [0.3, 0.4) is 0 Å². The molecule has 0 aromatic heterocycles. The predicted molar refractivity (Wildman–Crippen MR) is 239 cm³/mol. The molecule has 1 heterocycles. The number of aliphatic hydroxyl groups excluding tert-OH is 6. The zero-order valence-electron chi connectivity index (χ0n) is 37.0. The maximum absolute atomic E-state index is 13.3. The highest BCUT2D eigenvalue weighted by atomic mass is 16.5. The third-order valence-electron chi connectivity index (χ3n) is 11.1.